The van der Waals surface area contributed by atoms with E-state index in [2.05, 4.69) is 25.9 Å². The molecule has 0 aliphatic carbocycles. The summed E-state index contributed by atoms with van der Waals surface area (Å²) in [6.45, 7) is 7.38. The summed E-state index contributed by atoms with van der Waals surface area (Å²) in [6.07, 6.45) is 4.84. The molecule has 1 aliphatic heterocycles. The molecule has 0 bridgehead atoms. The first kappa shape index (κ1) is 15.2. The molecule has 0 aromatic rings. The third-order valence-electron chi connectivity index (χ3n) is 2.71. The molecule has 0 fully saturated rings. The summed E-state index contributed by atoms with van der Waals surface area (Å²) in [6, 6.07) is 0. The Balaban J connectivity index is 2.71. The van der Waals surface area contributed by atoms with E-state index in [-0.39, 0.29) is 6.17 Å². The fraction of sp³-hybridized carbons (Fsp3) is 0.909. The highest BCUT2D eigenvalue weighted by atomic mass is 35.6. The van der Waals surface area contributed by atoms with Crippen LogP contribution >= 0.6 is 34.8 Å². The number of unbranched alkanes of at least 4 members (excludes halogenated alkanes) is 1. The maximum atomic E-state index is 5.96. The van der Waals surface area contributed by atoms with E-state index >= 15 is 0 Å². The highest BCUT2D eigenvalue weighted by molar-refractivity contribution is 6.67. The van der Waals surface area contributed by atoms with Gasteiger partial charge in [-0.05, 0) is 18.8 Å². The second kappa shape index (κ2) is 6.35. The van der Waals surface area contributed by atoms with Crippen molar-refractivity contribution in [2.45, 2.75) is 50.1 Å². The molecular weight excluding hydrogens is 281 g/mol. The van der Waals surface area contributed by atoms with Gasteiger partial charge in [-0.2, -0.15) is 5.10 Å². The molecule has 1 unspecified atom stereocenters. The number of hydrazone groups is 1. The molecule has 3 nitrogen and oxygen atoms in total. The van der Waals surface area contributed by atoms with Crippen LogP contribution in [0.5, 0.6) is 0 Å². The zero-order valence-electron chi connectivity index (χ0n) is 10.5. The molecule has 1 aliphatic rings. The highest BCUT2D eigenvalue weighted by Gasteiger charge is 2.39. The molecule has 0 aromatic carbocycles. The Morgan fingerprint density at radius 1 is 1.35 bits per heavy atom. The average molecular weight is 301 g/mol. The van der Waals surface area contributed by atoms with Crippen molar-refractivity contribution in [1.29, 1.82) is 0 Å². The van der Waals surface area contributed by atoms with E-state index in [4.69, 9.17) is 34.8 Å². The van der Waals surface area contributed by atoms with E-state index in [9.17, 15) is 0 Å². The van der Waals surface area contributed by atoms with E-state index in [1.807, 2.05) is 5.01 Å². The van der Waals surface area contributed by atoms with Crippen LogP contribution in [-0.2, 0) is 0 Å². The molecule has 0 saturated heterocycles. The first-order chi connectivity index (χ1) is 7.86. The number of hydrogen-bond acceptors (Lipinski definition) is 3. The van der Waals surface area contributed by atoms with Gasteiger partial charge in [0.25, 0.3) is 3.92 Å². The lowest BCUT2D eigenvalue weighted by Gasteiger charge is -2.35. The maximum Gasteiger partial charge on any atom is 0.270 e. The van der Waals surface area contributed by atoms with Gasteiger partial charge in [0.05, 0.1) is 0 Å². The number of nitrogens with zero attached hydrogens (tertiary/aromatic N) is 3. The lowest BCUT2D eigenvalue weighted by Crippen LogP contribution is -2.46. The van der Waals surface area contributed by atoms with E-state index < -0.39 is 3.92 Å². The van der Waals surface area contributed by atoms with Crippen LogP contribution in [-0.4, -0.2) is 32.9 Å². The average Bonchev–Trinajstić information content (AvgIpc) is 2.56. The molecule has 0 amide bonds. The van der Waals surface area contributed by atoms with Crippen LogP contribution in [0.4, 0.5) is 0 Å². The first-order valence-corrected chi connectivity index (χ1v) is 7.15. The fourth-order valence-electron chi connectivity index (χ4n) is 1.84. The summed E-state index contributed by atoms with van der Waals surface area (Å²) in [5.74, 6) is 0.528. The minimum atomic E-state index is -1.43. The van der Waals surface area contributed by atoms with Crippen molar-refractivity contribution in [1.82, 2.24) is 9.91 Å². The summed E-state index contributed by atoms with van der Waals surface area (Å²) >= 11 is 17.9. The van der Waals surface area contributed by atoms with Gasteiger partial charge in [-0.1, -0.05) is 62.0 Å². The third-order valence-corrected chi connectivity index (χ3v) is 3.29. The first-order valence-electron chi connectivity index (χ1n) is 6.02. The van der Waals surface area contributed by atoms with Gasteiger partial charge >= 0.3 is 0 Å². The van der Waals surface area contributed by atoms with Gasteiger partial charge in [0.15, 0.2) is 0 Å². The molecule has 1 heterocycles. The quantitative estimate of drug-likeness (QED) is 0.563. The molecule has 0 radical (unpaired) electrons. The molecule has 17 heavy (non-hydrogen) atoms. The van der Waals surface area contributed by atoms with Crippen LogP contribution in [0.15, 0.2) is 5.10 Å². The van der Waals surface area contributed by atoms with E-state index in [0.717, 1.165) is 25.8 Å². The molecule has 1 rings (SSSR count). The van der Waals surface area contributed by atoms with Crippen molar-refractivity contribution in [2.75, 3.05) is 6.54 Å². The Bertz CT molecular complexity index is 263. The maximum absolute atomic E-state index is 5.96. The smallest absolute Gasteiger partial charge is 0.270 e. The largest absolute Gasteiger partial charge is 0.295 e. The van der Waals surface area contributed by atoms with E-state index in [0.29, 0.717) is 5.92 Å². The molecule has 6 heteroatoms. The Hall–Kier alpha value is 0.140. The van der Waals surface area contributed by atoms with Crippen LogP contribution in [0.1, 0.15) is 40.0 Å². The Morgan fingerprint density at radius 2 is 2.00 bits per heavy atom. The number of halogens is 3. The van der Waals surface area contributed by atoms with Crippen molar-refractivity contribution in [3.05, 3.63) is 0 Å². The van der Waals surface area contributed by atoms with Crippen LogP contribution in [0.3, 0.4) is 0 Å². The minimum Gasteiger partial charge on any atom is -0.295 e. The molecule has 1 atom stereocenters. The van der Waals surface area contributed by atoms with Crippen molar-refractivity contribution in [2.24, 2.45) is 11.0 Å². The van der Waals surface area contributed by atoms with E-state index in [1.165, 1.54) is 0 Å². The van der Waals surface area contributed by atoms with Crippen molar-refractivity contribution in [3.63, 3.8) is 0 Å². The second-order valence-corrected chi connectivity index (χ2v) is 6.95. The zero-order chi connectivity index (χ0) is 13.1. The molecule has 0 aromatic heterocycles. The summed E-state index contributed by atoms with van der Waals surface area (Å²) in [7, 11) is 0. The number of alkyl halides is 3. The van der Waals surface area contributed by atoms with Crippen LogP contribution in [0.2, 0.25) is 0 Å². The Kier molecular flexibility index (Phi) is 5.68. The molecule has 100 valence electrons. The molecule has 0 spiro atoms. The van der Waals surface area contributed by atoms with Gasteiger partial charge in [-0.25, -0.2) is 0 Å². The number of rotatable bonds is 5. The Labute approximate surface area is 119 Å². The Morgan fingerprint density at radius 3 is 2.47 bits per heavy atom. The molecular formula is C11H20Cl3N3. The lowest BCUT2D eigenvalue weighted by atomic mass is 10.1. The van der Waals surface area contributed by atoms with Crippen LogP contribution < -0.4 is 0 Å². The van der Waals surface area contributed by atoms with Crippen molar-refractivity contribution < 1.29 is 0 Å². The summed E-state index contributed by atoms with van der Waals surface area (Å²) in [5, 5.41) is 6.36. The lowest BCUT2D eigenvalue weighted by molar-refractivity contribution is 0.107. The topological polar surface area (TPSA) is 18.8 Å². The number of hydrogen-bond donors (Lipinski definition) is 0. The predicted octanol–water partition coefficient (Wildman–Crippen LogP) is 4.05. The summed E-state index contributed by atoms with van der Waals surface area (Å²) in [5.41, 5.74) is 0. The van der Waals surface area contributed by atoms with Crippen LogP contribution in [0, 0.1) is 5.92 Å². The highest BCUT2D eigenvalue weighted by Crippen LogP contribution is 2.36. The van der Waals surface area contributed by atoms with Gasteiger partial charge in [0, 0.05) is 6.54 Å². The van der Waals surface area contributed by atoms with Gasteiger partial charge < -0.3 is 0 Å². The van der Waals surface area contributed by atoms with Gasteiger partial charge in [-0.15, -0.1) is 0 Å². The SMILES string of the molecule is CCCCN1N=CN(C(Cl)(Cl)Cl)C1CC(C)C. The normalized spacial score (nSPS) is 20.8. The fourth-order valence-corrected chi connectivity index (χ4v) is 2.31. The van der Waals surface area contributed by atoms with E-state index in [1.54, 1.807) is 11.2 Å². The van der Waals surface area contributed by atoms with Crippen molar-refractivity contribution >= 4 is 41.1 Å². The van der Waals surface area contributed by atoms with Crippen molar-refractivity contribution in [3.8, 4) is 0 Å². The summed E-state index contributed by atoms with van der Waals surface area (Å²) in [4.78, 5) is 1.70. The van der Waals surface area contributed by atoms with Gasteiger partial charge in [0.2, 0.25) is 0 Å². The molecule has 0 saturated carbocycles. The predicted molar refractivity (Wildman–Crippen MR) is 75.5 cm³/mol. The zero-order valence-corrected chi connectivity index (χ0v) is 12.8. The van der Waals surface area contributed by atoms with Gasteiger partial charge in [-0.3, -0.25) is 9.91 Å². The third kappa shape index (κ3) is 4.38. The second-order valence-electron chi connectivity index (χ2n) is 4.73. The standard InChI is InChI=1S/C11H20Cl3N3/c1-4-5-6-17-10(7-9(2)3)16(8-15-17)11(12,13)14/h8-10H,4-7H2,1-3H3. The van der Waals surface area contributed by atoms with Crippen LogP contribution in [0.25, 0.3) is 0 Å². The minimum absolute atomic E-state index is 0.0500. The summed E-state index contributed by atoms with van der Waals surface area (Å²) < 4.78 is -1.43. The molecule has 0 N–H and O–H groups in total. The van der Waals surface area contributed by atoms with Gasteiger partial charge in [0.1, 0.15) is 12.5 Å². The monoisotopic (exact) mass is 299 g/mol.